The van der Waals surface area contributed by atoms with E-state index in [2.05, 4.69) is 4.98 Å². The Kier molecular flexibility index (Phi) is 3.13. The van der Waals surface area contributed by atoms with Gasteiger partial charge in [0.1, 0.15) is 5.75 Å². The first-order chi connectivity index (χ1) is 6.52. The fourth-order valence-corrected chi connectivity index (χ4v) is 1.94. The summed E-state index contributed by atoms with van der Waals surface area (Å²) in [7, 11) is -3.61. The molecule has 76 valence electrons. The fourth-order valence-electron chi connectivity index (χ4n) is 0.830. The summed E-state index contributed by atoms with van der Waals surface area (Å²) < 4.78 is 22.7. The van der Waals surface area contributed by atoms with Crippen LogP contribution in [0.1, 0.15) is 0 Å². The number of sulfone groups is 1. The predicted molar refractivity (Wildman–Crippen MR) is 48.2 cm³/mol. The lowest BCUT2D eigenvalue weighted by atomic mass is 10.5. The van der Waals surface area contributed by atoms with Crippen molar-refractivity contribution in [2.24, 2.45) is 0 Å². The fraction of sp³-hybridized carbons (Fsp3) is 0.286. The molecule has 1 heterocycles. The molecule has 1 rings (SSSR count). The summed E-state index contributed by atoms with van der Waals surface area (Å²) in [5.41, 5.74) is 0. The van der Waals surface area contributed by atoms with Crippen LogP contribution >= 0.6 is 0 Å². The Hall–Kier alpha value is -1.50. The van der Waals surface area contributed by atoms with E-state index in [4.69, 9.17) is 0 Å². The van der Waals surface area contributed by atoms with Gasteiger partial charge < -0.3 is 0 Å². The van der Waals surface area contributed by atoms with Crippen molar-refractivity contribution in [3.8, 4) is 0 Å². The Labute approximate surface area is 80.7 Å². The molecule has 1 aromatic rings. The van der Waals surface area contributed by atoms with Crippen LogP contribution in [0.2, 0.25) is 0 Å². The van der Waals surface area contributed by atoms with Gasteiger partial charge in [0.05, 0.1) is 0 Å². The normalized spacial score (nSPS) is 11.1. The summed E-state index contributed by atoms with van der Waals surface area (Å²) in [6.45, 7) is -0.598. The number of nitrogens with zero attached hydrogens (tertiary/aromatic N) is 2. The topological polar surface area (TPSA) is 90.2 Å². The molecule has 0 bridgehead atoms. The molecule has 14 heavy (non-hydrogen) atoms. The van der Waals surface area contributed by atoms with Gasteiger partial charge in [0, 0.05) is 11.1 Å². The van der Waals surface area contributed by atoms with E-state index in [0.717, 1.165) is 0 Å². The second kappa shape index (κ2) is 4.14. The maximum Gasteiger partial charge on any atom is 0.218 e. The van der Waals surface area contributed by atoms with Crippen LogP contribution in [-0.2, 0) is 9.84 Å². The summed E-state index contributed by atoms with van der Waals surface area (Å²) in [4.78, 5) is 12.9. The molecule has 0 aliphatic carbocycles. The van der Waals surface area contributed by atoms with Gasteiger partial charge in [-0.3, -0.25) is 10.1 Å². The van der Waals surface area contributed by atoms with Crippen LogP contribution in [0.25, 0.3) is 0 Å². The Morgan fingerprint density at radius 3 is 2.64 bits per heavy atom. The van der Waals surface area contributed by atoms with E-state index in [1.807, 2.05) is 0 Å². The molecule has 0 saturated carbocycles. The minimum absolute atomic E-state index is 0.123. The van der Waals surface area contributed by atoms with Gasteiger partial charge in [-0.15, -0.1) is 0 Å². The zero-order valence-electron chi connectivity index (χ0n) is 7.16. The molecule has 0 aliphatic rings. The van der Waals surface area contributed by atoms with Gasteiger partial charge in [-0.25, -0.2) is 13.4 Å². The third-order valence-corrected chi connectivity index (χ3v) is 3.10. The highest BCUT2D eigenvalue weighted by atomic mass is 32.2. The molecule has 0 radical (unpaired) electrons. The number of hydrogen-bond donors (Lipinski definition) is 0. The molecule has 6 nitrogen and oxygen atoms in total. The van der Waals surface area contributed by atoms with Crippen molar-refractivity contribution in [2.75, 3.05) is 12.3 Å². The first-order valence-electron chi connectivity index (χ1n) is 3.78. The van der Waals surface area contributed by atoms with Gasteiger partial charge in [-0.1, -0.05) is 6.07 Å². The van der Waals surface area contributed by atoms with E-state index >= 15 is 0 Å². The number of aromatic nitrogens is 1. The highest BCUT2D eigenvalue weighted by molar-refractivity contribution is 7.91. The van der Waals surface area contributed by atoms with Crippen molar-refractivity contribution in [2.45, 2.75) is 5.03 Å². The molecular weight excluding hydrogens is 208 g/mol. The third kappa shape index (κ3) is 2.77. The lowest BCUT2D eigenvalue weighted by Gasteiger charge is -1.98. The Morgan fingerprint density at radius 2 is 2.14 bits per heavy atom. The molecular formula is C7H8N2O4S. The van der Waals surface area contributed by atoms with Crippen molar-refractivity contribution in [3.63, 3.8) is 0 Å². The van der Waals surface area contributed by atoms with E-state index in [0.29, 0.717) is 0 Å². The molecule has 7 heteroatoms. The first-order valence-corrected chi connectivity index (χ1v) is 5.43. The van der Waals surface area contributed by atoms with E-state index in [1.165, 1.54) is 18.3 Å². The first kappa shape index (κ1) is 10.6. The molecule has 0 unspecified atom stereocenters. The highest BCUT2D eigenvalue weighted by Crippen LogP contribution is 2.05. The van der Waals surface area contributed by atoms with Gasteiger partial charge in [0.2, 0.25) is 16.4 Å². The van der Waals surface area contributed by atoms with Crippen LogP contribution in [0.5, 0.6) is 0 Å². The average molecular weight is 216 g/mol. The lowest BCUT2D eigenvalue weighted by Crippen LogP contribution is -2.16. The Balaban J connectivity index is 2.82. The largest absolute Gasteiger partial charge is 0.265 e. The van der Waals surface area contributed by atoms with Crippen LogP contribution in [0, 0.1) is 10.1 Å². The van der Waals surface area contributed by atoms with E-state index in [1.54, 1.807) is 6.07 Å². The van der Waals surface area contributed by atoms with E-state index in [9.17, 15) is 18.5 Å². The molecule has 0 fully saturated rings. The second-order valence-corrected chi connectivity index (χ2v) is 4.60. The van der Waals surface area contributed by atoms with Gasteiger partial charge in [0.25, 0.3) is 0 Å². The minimum Gasteiger partial charge on any atom is -0.265 e. The van der Waals surface area contributed by atoms with Crippen molar-refractivity contribution < 1.29 is 13.3 Å². The standard InChI is InChI=1S/C7H8N2O4S/c10-9(11)5-6-14(12,13)7-3-1-2-4-8-7/h1-4H,5-6H2. The highest BCUT2D eigenvalue weighted by Gasteiger charge is 2.18. The predicted octanol–water partition coefficient (Wildman–Crippen LogP) is 0.132. The summed E-state index contributed by atoms with van der Waals surface area (Å²) >= 11 is 0. The van der Waals surface area contributed by atoms with Crippen LogP contribution in [-0.4, -0.2) is 30.6 Å². The smallest absolute Gasteiger partial charge is 0.218 e. The molecule has 0 atom stereocenters. The van der Waals surface area contributed by atoms with Crippen LogP contribution in [0.3, 0.4) is 0 Å². The van der Waals surface area contributed by atoms with Crippen LogP contribution in [0.4, 0.5) is 0 Å². The third-order valence-electron chi connectivity index (χ3n) is 1.50. The maximum absolute atomic E-state index is 11.4. The molecule has 0 aromatic carbocycles. The number of nitro groups is 1. The molecule has 1 aromatic heterocycles. The lowest BCUT2D eigenvalue weighted by molar-refractivity contribution is -0.474. The van der Waals surface area contributed by atoms with Crippen molar-refractivity contribution in [3.05, 3.63) is 34.5 Å². The van der Waals surface area contributed by atoms with Crippen LogP contribution < -0.4 is 0 Å². The van der Waals surface area contributed by atoms with Gasteiger partial charge in [-0.05, 0) is 12.1 Å². The molecule has 0 N–H and O–H groups in total. The molecule has 0 aliphatic heterocycles. The molecule has 0 amide bonds. The second-order valence-electron chi connectivity index (χ2n) is 2.54. The van der Waals surface area contributed by atoms with Gasteiger partial charge >= 0.3 is 0 Å². The van der Waals surface area contributed by atoms with Gasteiger partial charge in [0.15, 0.2) is 5.03 Å². The summed E-state index contributed by atoms with van der Waals surface area (Å²) in [6.07, 6.45) is 1.33. The number of rotatable bonds is 4. The summed E-state index contributed by atoms with van der Waals surface area (Å²) in [5.74, 6) is -0.517. The Morgan fingerprint density at radius 1 is 1.43 bits per heavy atom. The van der Waals surface area contributed by atoms with Crippen molar-refractivity contribution in [1.82, 2.24) is 4.98 Å². The zero-order chi connectivity index (χ0) is 10.6. The summed E-state index contributed by atoms with van der Waals surface area (Å²) in [6, 6.07) is 4.41. The summed E-state index contributed by atoms with van der Waals surface area (Å²) in [5, 5.41) is 9.87. The quantitative estimate of drug-likeness (QED) is 0.527. The van der Waals surface area contributed by atoms with Crippen molar-refractivity contribution >= 4 is 9.84 Å². The van der Waals surface area contributed by atoms with E-state index in [-0.39, 0.29) is 5.03 Å². The van der Waals surface area contributed by atoms with E-state index < -0.39 is 27.1 Å². The van der Waals surface area contributed by atoms with Gasteiger partial charge in [-0.2, -0.15) is 0 Å². The minimum atomic E-state index is -3.61. The van der Waals surface area contributed by atoms with Crippen LogP contribution in [0.15, 0.2) is 29.4 Å². The zero-order valence-corrected chi connectivity index (χ0v) is 7.98. The average Bonchev–Trinajstić information content (AvgIpc) is 2.16. The SMILES string of the molecule is O=[N+]([O-])CCS(=O)(=O)c1ccccn1. The number of pyridine rings is 1. The Bertz CT molecular complexity index is 415. The molecule has 0 spiro atoms. The van der Waals surface area contributed by atoms with Crippen molar-refractivity contribution in [1.29, 1.82) is 0 Å². The maximum atomic E-state index is 11.4. The molecule has 0 saturated heterocycles. The monoisotopic (exact) mass is 216 g/mol. The number of hydrogen-bond acceptors (Lipinski definition) is 5.